The van der Waals surface area contributed by atoms with Crippen LogP contribution in [0.4, 0.5) is 0 Å². The number of aromatic nitrogens is 4. The lowest BCUT2D eigenvalue weighted by atomic mass is 10.0. The van der Waals surface area contributed by atoms with E-state index < -0.39 is 0 Å². The second-order valence-corrected chi connectivity index (χ2v) is 18.8. The lowest BCUT2D eigenvalue weighted by Crippen LogP contribution is -1.99. The molecule has 4 heterocycles. The fraction of sp³-hybridized carbons (Fsp3) is 0. The highest BCUT2D eigenvalue weighted by Gasteiger charge is 2.19. The molecular formula is C59H38IN5. The van der Waals surface area contributed by atoms with Gasteiger partial charge in [0, 0.05) is 54.0 Å². The van der Waals surface area contributed by atoms with Crippen molar-refractivity contribution in [2.24, 2.45) is 4.99 Å². The Kier molecular flexibility index (Phi) is 8.91. The van der Waals surface area contributed by atoms with Crippen LogP contribution in [0, 0.1) is 0 Å². The van der Waals surface area contributed by atoms with Crippen LogP contribution < -0.4 is 0 Å². The van der Waals surface area contributed by atoms with Gasteiger partial charge in [0.05, 0.1) is 37.2 Å². The maximum absolute atomic E-state index is 5.20. The molecule has 6 heteroatoms. The zero-order chi connectivity index (χ0) is 42.8. The largest absolute Gasteiger partial charge is 0.309 e. The summed E-state index contributed by atoms with van der Waals surface area (Å²) in [4.78, 5) is 9.53. The van der Waals surface area contributed by atoms with Gasteiger partial charge in [-0.3, -0.25) is 9.56 Å². The lowest BCUT2D eigenvalue weighted by molar-refractivity contribution is 1.09. The zero-order valence-electron chi connectivity index (χ0n) is 35.1. The van der Waals surface area contributed by atoms with E-state index in [1.165, 1.54) is 75.0 Å². The van der Waals surface area contributed by atoms with Crippen molar-refractivity contribution in [1.82, 2.24) is 18.7 Å². The third-order valence-electron chi connectivity index (χ3n) is 12.8. The third-order valence-corrected chi connectivity index (χ3v) is 15.0. The molecule has 0 saturated heterocycles. The molecule has 0 radical (unpaired) electrons. The quantitative estimate of drug-likeness (QED) is 0.147. The monoisotopic (exact) mass is 943 g/mol. The molecule has 306 valence electrons. The van der Waals surface area contributed by atoms with Gasteiger partial charge in [0.25, 0.3) is 0 Å². The molecule has 9 aromatic carbocycles. The van der Waals surface area contributed by atoms with Gasteiger partial charge in [-0.05, 0) is 125 Å². The molecule has 0 aliphatic carbocycles. The molecule has 0 amide bonds. The number of hydrogen-bond donors (Lipinski definition) is 0. The summed E-state index contributed by atoms with van der Waals surface area (Å²) in [6.07, 6.45) is 4.04. The highest BCUT2D eigenvalue weighted by Crippen LogP contribution is 2.40. The summed E-state index contributed by atoms with van der Waals surface area (Å²) in [5, 5.41) is 4.94. The van der Waals surface area contributed by atoms with Gasteiger partial charge in [-0.25, -0.2) is 4.98 Å². The van der Waals surface area contributed by atoms with Crippen LogP contribution in [0.2, 0.25) is 0 Å². The number of nitrogens with zero attached hydrogens (tertiary/aromatic N) is 5. The average Bonchev–Trinajstić information content (AvgIpc) is 4.05. The van der Waals surface area contributed by atoms with E-state index in [0.717, 1.165) is 39.5 Å². The average molecular weight is 944 g/mol. The Labute approximate surface area is 385 Å². The Bertz CT molecular complexity index is 3920. The Hall–Kier alpha value is -7.94. The smallest absolute Gasteiger partial charge is 0.145 e. The van der Waals surface area contributed by atoms with Crippen LogP contribution in [-0.4, -0.2) is 29.0 Å². The molecule has 13 rings (SSSR count). The molecule has 0 N–H and O–H groups in total. The summed E-state index contributed by atoms with van der Waals surface area (Å²) in [6.45, 7) is 0. The van der Waals surface area contributed by atoms with Gasteiger partial charge < -0.3 is 9.13 Å². The first-order valence-corrected chi connectivity index (χ1v) is 24.2. The van der Waals surface area contributed by atoms with E-state index in [1.807, 2.05) is 6.21 Å². The summed E-state index contributed by atoms with van der Waals surface area (Å²) < 4.78 is 10.5. The second-order valence-electron chi connectivity index (χ2n) is 16.5. The summed E-state index contributed by atoms with van der Waals surface area (Å²) >= 11 is -0.266. The van der Waals surface area contributed by atoms with Gasteiger partial charge in [-0.2, -0.15) is 0 Å². The van der Waals surface area contributed by atoms with Gasteiger partial charge >= 0.3 is 0 Å². The molecule has 0 bridgehead atoms. The third kappa shape index (κ3) is 6.32. The van der Waals surface area contributed by atoms with Crippen LogP contribution in [-0.2, 0) is 0 Å². The Morgan fingerprint density at radius 2 is 0.831 bits per heavy atom. The number of imidazole rings is 1. The van der Waals surface area contributed by atoms with E-state index in [2.05, 4.69) is 241 Å². The van der Waals surface area contributed by atoms with E-state index in [0.29, 0.717) is 0 Å². The van der Waals surface area contributed by atoms with Crippen LogP contribution in [0.5, 0.6) is 0 Å². The minimum atomic E-state index is -0.266. The van der Waals surface area contributed by atoms with Gasteiger partial charge in [0.15, 0.2) is 0 Å². The van der Waals surface area contributed by atoms with E-state index in [4.69, 9.17) is 4.98 Å². The van der Waals surface area contributed by atoms with E-state index in [-0.39, 0.29) is 20.7 Å². The second kappa shape index (κ2) is 15.4. The highest BCUT2D eigenvalue weighted by atomic mass is 127. The van der Waals surface area contributed by atoms with Crippen molar-refractivity contribution >= 4 is 89.3 Å². The molecule has 0 fully saturated rings. The van der Waals surface area contributed by atoms with E-state index >= 15 is 0 Å². The van der Waals surface area contributed by atoms with E-state index in [9.17, 15) is 0 Å². The maximum atomic E-state index is 5.20. The normalized spacial score (nSPS) is 12.7. The Balaban J connectivity index is 0.887. The molecule has 1 aliphatic rings. The number of aliphatic imine (C=N–C) groups is 1. The first-order valence-electron chi connectivity index (χ1n) is 21.8. The minimum absolute atomic E-state index is 0.266. The number of rotatable bonds is 7. The maximum Gasteiger partial charge on any atom is 0.145 e. The van der Waals surface area contributed by atoms with Gasteiger partial charge in [-0.15, -0.1) is 0 Å². The predicted molar refractivity (Wildman–Crippen MR) is 283 cm³/mol. The standard InChI is InChI=1S/C59H38IN5/c1-2-11-39(12-3-1)40-21-25-45(26-22-40)63-54-18-7-4-15-48(54)50-36-41(23-31-56(50)63)42-24-32-57-51(37-42)49-16-5-8-19-55(49)64(57)46-27-29-47(30-28-46)65-58-20-9-6-17-53(58)62-59(65)44-14-10-13-43(35-44)52-33-34-61-38-60-52/h1-38H. The number of fused-ring (bicyclic) bond motifs is 7. The molecule has 3 aromatic heterocycles. The molecule has 65 heavy (non-hydrogen) atoms. The molecule has 0 atom stereocenters. The van der Waals surface area contributed by atoms with Crippen molar-refractivity contribution in [1.29, 1.82) is 0 Å². The summed E-state index contributed by atoms with van der Waals surface area (Å²) in [7, 11) is 0. The first kappa shape index (κ1) is 37.6. The van der Waals surface area contributed by atoms with Crippen molar-refractivity contribution in [3.63, 3.8) is 0 Å². The molecule has 1 aliphatic heterocycles. The molecular weight excluding hydrogens is 906 g/mol. The molecule has 0 saturated carbocycles. The molecule has 5 nitrogen and oxygen atoms in total. The highest BCUT2D eigenvalue weighted by molar-refractivity contribution is 14.2. The van der Waals surface area contributed by atoms with Crippen molar-refractivity contribution in [3.8, 4) is 50.7 Å². The van der Waals surface area contributed by atoms with Crippen LogP contribution in [0.25, 0.3) is 109 Å². The Morgan fingerprint density at radius 1 is 0.338 bits per heavy atom. The van der Waals surface area contributed by atoms with E-state index in [1.54, 1.807) is 0 Å². The number of benzene rings is 9. The van der Waals surface area contributed by atoms with Crippen molar-refractivity contribution in [2.75, 3.05) is 0 Å². The van der Waals surface area contributed by atoms with Crippen molar-refractivity contribution in [2.45, 2.75) is 0 Å². The van der Waals surface area contributed by atoms with Crippen LogP contribution >= 0.6 is 20.7 Å². The minimum Gasteiger partial charge on any atom is -0.309 e. The van der Waals surface area contributed by atoms with Crippen LogP contribution in [0.15, 0.2) is 223 Å². The van der Waals surface area contributed by atoms with Crippen molar-refractivity contribution < 1.29 is 0 Å². The fourth-order valence-corrected chi connectivity index (χ4v) is 11.5. The number of para-hydroxylation sites is 4. The number of allylic oxidation sites excluding steroid dienone is 1. The molecule has 0 unspecified atom stereocenters. The first-order chi connectivity index (χ1) is 32.2. The predicted octanol–water partition coefficient (Wildman–Crippen LogP) is 15.4. The van der Waals surface area contributed by atoms with Gasteiger partial charge in [-0.1, -0.05) is 142 Å². The summed E-state index contributed by atoms with van der Waals surface area (Å²) in [5.41, 5.74) is 17.3. The lowest BCUT2D eigenvalue weighted by Gasteiger charge is -2.13. The van der Waals surface area contributed by atoms with Gasteiger partial charge in [0.1, 0.15) is 5.82 Å². The number of halogens is 1. The van der Waals surface area contributed by atoms with Crippen LogP contribution in [0.3, 0.4) is 0 Å². The Morgan fingerprint density at radius 3 is 1.46 bits per heavy atom. The zero-order valence-corrected chi connectivity index (χ0v) is 37.2. The summed E-state index contributed by atoms with van der Waals surface area (Å²) in [6, 6.07) is 77.1. The number of hydrogen-bond acceptors (Lipinski definition) is 2. The van der Waals surface area contributed by atoms with Crippen molar-refractivity contribution in [3.05, 3.63) is 224 Å². The molecule has 12 aromatic rings. The SMILES string of the molecule is C1=NC=IC(c2cccc(-c3nc4ccccc4n3-c3ccc(-n4c5ccccc5c5cc(-c6ccc7c(c6)c6ccccc6n7-c6ccc(-c7ccccc7)cc6)ccc54)cc3)c2)=C1. The van der Waals surface area contributed by atoms with Gasteiger partial charge in [0.2, 0.25) is 0 Å². The van der Waals surface area contributed by atoms with Crippen LogP contribution in [0.1, 0.15) is 5.56 Å². The molecule has 0 spiro atoms. The summed E-state index contributed by atoms with van der Waals surface area (Å²) in [5.74, 6) is 0.928. The topological polar surface area (TPSA) is 40.0 Å². The fourth-order valence-electron chi connectivity index (χ4n) is 9.75.